The van der Waals surface area contributed by atoms with Crippen molar-refractivity contribution in [3.05, 3.63) is 41.5 Å². The molecule has 4 rings (SSSR count). The fourth-order valence-electron chi connectivity index (χ4n) is 8.09. The van der Waals surface area contributed by atoms with E-state index in [1.54, 1.807) is 12.1 Å². The number of phenols is 1. The first kappa shape index (κ1) is 33.5. The van der Waals surface area contributed by atoms with Crippen LogP contribution in [0.1, 0.15) is 101 Å². The van der Waals surface area contributed by atoms with Crippen molar-refractivity contribution in [1.29, 1.82) is 0 Å². The Labute approximate surface area is 251 Å². The van der Waals surface area contributed by atoms with E-state index in [1.807, 2.05) is 13.1 Å². The maximum absolute atomic E-state index is 16.2. The number of hydrogen-bond donors (Lipinski definition) is 1. The van der Waals surface area contributed by atoms with E-state index >= 15 is 4.39 Å². The summed E-state index contributed by atoms with van der Waals surface area (Å²) in [6.45, 7) is 8.51. The molecule has 2 nitrogen and oxygen atoms in total. The first-order valence-corrected chi connectivity index (χ1v) is 16.8. The average molecular weight is 620 g/mol. The number of hydrogen-bond acceptors (Lipinski definition) is 3. The number of rotatable bonds is 14. The molecule has 6 atom stereocenters. The van der Waals surface area contributed by atoms with Crippen LogP contribution < -0.4 is 0 Å². The van der Waals surface area contributed by atoms with Crippen molar-refractivity contribution in [1.82, 2.24) is 4.90 Å². The van der Waals surface area contributed by atoms with Crippen molar-refractivity contribution >= 4 is 11.8 Å². The highest BCUT2D eigenvalue weighted by Crippen LogP contribution is 2.66. The third kappa shape index (κ3) is 7.30. The summed E-state index contributed by atoms with van der Waals surface area (Å²) in [4.78, 5) is 2.22. The normalized spacial score (nSPS) is 29.5. The number of nitrogens with zero attached hydrogens (tertiary/aromatic N) is 1. The Morgan fingerprint density at radius 1 is 1.00 bits per heavy atom. The highest BCUT2D eigenvalue weighted by atomic mass is 32.2. The Kier molecular flexibility index (Phi) is 11.0. The predicted octanol–water partition coefficient (Wildman–Crippen LogP) is 10.1. The molecule has 0 amide bonds. The molecule has 0 aliphatic heterocycles. The summed E-state index contributed by atoms with van der Waals surface area (Å²) < 4.78 is 78.9. The van der Waals surface area contributed by atoms with E-state index in [2.05, 4.69) is 18.4 Å². The van der Waals surface area contributed by atoms with Gasteiger partial charge in [-0.05, 0) is 135 Å². The summed E-state index contributed by atoms with van der Waals surface area (Å²) in [5.41, 5.74) is 3.22. The topological polar surface area (TPSA) is 23.5 Å². The van der Waals surface area contributed by atoms with Crippen LogP contribution in [0.25, 0.3) is 0 Å². The quantitative estimate of drug-likeness (QED) is 0.127. The van der Waals surface area contributed by atoms with E-state index < -0.39 is 24.7 Å². The molecule has 1 aromatic carbocycles. The fraction of sp³-hybridized carbons (Fsp3) is 0.758. The van der Waals surface area contributed by atoms with Crippen molar-refractivity contribution in [3.63, 3.8) is 0 Å². The molecule has 0 radical (unpaired) electrons. The number of allylic oxidation sites excluding steroid dienone is 1. The molecule has 0 heterocycles. The number of phenolic OH excluding ortho intramolecular Hbond substituents is 1. The molecule has 3 aliphatic carbocycles. The molecule has 0 aromatic heterocycles. The molecule has 9 heteroatoms. The highest BCUT2D eigenvalue weighted by molar-refractivity contribution is 7.99. The van der Waals surface area contributed by atoms with Gasteiger partial charge in [-0.25, -0.2) is 4.39 Å². The van der Waals surface area contributed by atoms with Crippen LogP contribution in [-0.4, -0.2) is 53.7 Å². The van der Waals surface area contributed by atoms with Gasteiger partial charge in [0.25, 0.3) is 0 Å². The van der Waals surface area contributed by atoms with Crippen LogP contribution in [0.4, 0.5) is 26.3 Å². The number of halogens is 6. The maximum atomic E-state index is 16.2. The van der Waals surface area contributed by atoms with Crippen LogP contribution in [0.15, 0.2) is 30.4 Å². The van der Waals surface area contributed by atoms with E-state index in [0.29, 0.717) is 29.1 Å². The first-order valence-electron chi connectivity index (χ1n) is 15.6. The van der Waals surface area contributed by atoms with Crippen molar-refractivity contribution in [2.45, 2.75) is 102 Å². The molecule has 2 fully saturated rings. The van der Waals surface area contributed by atoms with Crippen molar-refractivity contribution in [3.8, 4) is 5.75 Å². The Hall–Kier alpha value is -1.35. The van der Waals surface area contributed by atoms with Gasteiger partial charge in [0.2, 0.25) is 0 Å². The number of fused-ring (bicyclic) bond motifs is 5. The summed E-state index contributed by atoms with van der Waals surface area (Å²) >= 11 is 1.42. The standard InChI is InChI=1S/C33H47F6NOS/c1-22-10-13-28-29-25(14-16-31(22,28)2)24-12-11-23(41)21-27(24)30(34)26(29)9-5-4-6-17-40(3)18-8-20-42-19-7-15-32(35,36)33(37,38)39/h11-12,21,25-26,28-30,41H,1,4-10,13-20H2,2-3H3/t25?,26-,28?,29?,30+,31?/m0/s1. The van der Waals surface area contributed by atoms with Gasteiger partial charge in [0.15, 0.2) is 0 Å². The van der Waals surface area contributed by atoms with Crippen molar-refractivity contribution in [2.75, 3.05) is 31.6 Å². The smallest absolute Gasteiger partial charge is 0.453 e. The summed E-state index contributed by atoms with van der Waals surface area (Å²) in [5.74, 6) is -2.40. The Bertz CT molecular complexity index is 1060. The zero-order valence-electron chi connectivity index (χ0n) is 25.0. The van der Waals surface area contributed by atoms with Crippen molar-refractivity contribution < 1.29 is 31.4 Å². The second-order valence-corrected chi connectivity index (χ2v) is 14.4. The van der Waals surface area contributed by atoms with Gasteiger partial charge in [-0.3, -0.25) is 0 Å². The fourth-order valence-corrected chi connectivity index (χ4v) is 8.98. The third-order valence-electron chi connectivity index (χ3n) is 10.5. The number of alkyl halides is 6. The molecular formula is C33H47F6NOS. The van der Waals surface area contributed by atoms with Gasteiger partial charge in [0.1, 0.15) is 11.9 Å². The lowest BCUT2D eigenvalue weighted by Gasteiger charge is -2.53. The van der Waals surface area contributed by atoms with Gasteiger partial charge < -0.3 is 10.0 Å². The van der Waals surface area contributed by atoms with Crippen LogP contribution in [0.2, 0.25) is 0 Å². The summed E-state index contributed by atoms with van der Waals surface area (Å²) in [7, 11) is 2.04. The van der Waals surface area contributed by atoms with E-state index in [9.17, 15) is 27.1 Å². The minimum atomic E-state index is -5.47. The number of unbranched alkanes of at least 4 members (excludes halogenated alkanes) is 2. The molecule has 0 saturated heterocycles. The third-order valence-corrected chi connectivity index (χ3v) is 11.7. The average Bonchev–Trinajstić information content (AvgIpc) is 3.22. The van der Waals surface area contributed by atoms with Crippen LogP contribution >= 0.6 is 11.8 Å². The minimum absolute atomic E-state index is 0.0503. The van der Waals surface area contributed by atoms with Crippen LogP contribution in [0, 0.1) is 23.2 Å². The maximum Gasteiger partial charge on any atom is 0.453 e. The molecule has 42 heavy (non-hydrogen) atoms. The lowest BCUT2D eigenvalue weighted by atomic mass is 9.51. The number of benzene rings is 1. The molecule has 0 spiro atoms. The summed E-state index contributed by atoms with van der Waals surface area (Å²) in [5, 5.41) is 10.1. The minimum Gasteiger partial charge on any atom is -0.508 e. The largest absolute Gasteiger partial charge is 0.508 e. The molecule has 4 unspecified atom stereocenters. The second-order valence-electron chi connectivity index (χ2n) is 13.2. The summed E-state index contributed by atoms with van der Waals surface area (Å²) in [6.07, 6.45) is 1.09. The van der Waals surface area contributed by atoms with Crippen LogP contribution in [-0.2, 0) is 0 Å². The zero-order valence-corrected chi connectivity index (χ0v) is 25.8. The lowest BCUT2D eigenvalue weighted by Crippen LogP contribution is -2.45. The van der Waals surface area contributed by atoms with Gasteiger partial charge in [-0.1, -0.05) is 38.0 Å². The van der Waals surface area contributed by atoms with Crippen LogP contribution in [0.5, 0.6) is 5.75 Å². The Morgan fingerprint density at radius 3 is 2.45 bits per heavy atom. The number of thioether (sulfide) groups is 1. The van der Waals surface area contributed by atoms with Gasteiger partial charge in [-0.2, -0.15) is 33.7 Å². The van der Waals surface area contributed by atoms with Crippen molar-refractivity contribution in [2.24, 2.45) is 23.2 Å². The SMILES string of the molecule is C=C1CCC2C3C(CCC12C)c1ccc(O)cc1[C@H](F)[C@H]3CCCCCN(C)CCCSCCCC(F)(F)C(F)(F)F. The van der Waals surface area contributed by atoms with Gasteiger partial charge in [0, 0.05) is 6.42 Å². The summed E-state index contributed by atoms with van der Waals surface area (Å²) in [6, 6.07) is 5.31. The molecular weight excluding hydrogens is 572 g/mol. The Morgan fingerprint density at radius 2 is 1.71 bits per heavy atom. The van der Waals surface area contributed by atoms with E-state index in [0.717, 1.165) is 82.2 Å². The monoisotopic (exact) mass is 619 g/mol. The van der Waals surface area contributed by atoms with E-state index in [4.69, 9.17) is 0 Å². The lowest BCUT2D eigenvalue weighted by molar-refractivity contribution is -0.284. The van der Waals surface area contributed by atoms with E-state index in [-0.39, 0.29) is 23.5 Å². The first-order chi connectivity index (χ1) is 19.8. The van der Waals surface area contributed by atoms with Gasteiger partial charge in [0.05, 0.1) is 0 Å². The number of aromatic hydroxyl groups is 1. The van der Waals surface area contributed by atoms with Gasteiger partial charge >= 0.3 is 12.1 Å². The predicted molar refractivity (Wildman–Crippen MR) is 159 cm³/mol. The Balaban J connectivity index is 1.20. The molecule has 2 saturated carbocycles. The molecule has 1 N–H and O–H groups in total. The van der Waals surface area contributed by atoms with Gasteiger partial charge in [-0.15, -0.1) is 0 Å². The highest BCUT2D eigenvalue weighted by Gasteiger charge is 2.57. The van der Waals surface area contributed by atoms with Crippen LogP contribution in [0.3, 0.4) is 0 Å². The molecule has 3 aliphatic rings. The van der Waals surface area contributed by atoms with E-state index in [1.165, 1.54) is 17.3 Å². The second kappa shape index (κ2) is 13.7. The molecule has 238 valence electrons. The zero-order chi connectivity index (χ0) is 30.7. The molecule has 1 aromatic rings. The molecule has 0 bridgehead atoms.